The van der Waals surface area contributed by atoms with E-state index < -0.39 is 12.4 Å². The van der Waals surface area contributed by atoms with Crippen molar-refractivity contribution in [2.24, 2.45) is 0 Å². The zero-order valence-electron chi connectivity index (χ0n) is 8.84. The van der Waals surface area contributed by atoms with Crippen LogP contribution in [0.4, 0.5) is 8.78 Å². The molecule has 0 aromatic carbocycles. The maximum absolute atomic E-state index is 12.7. The van der Waals surface area contributed by atoms with Crippen molar-refractivity contribution in [3.05, 3.63) is 26.9 Å². The number of carbonyl (C=O) groups excluding carboxylic acids is 1. The molecule has 1 aromatic heterocycles. The Labute approximate surface area is 110 Å². The van der Waals surface area contributed by atoms with Crippen LogP contribution in [0, 0.1) is 0 Å². The number of hydrogen-bond donors (Lipinski definition) is 0. The van der Waals surface area contributed by atoms with Crippen molar-refractivity contribution in [3.8, 4) is 0 Å². The number of pyridine rings is 1. The maximum atomic E-state index is 12.7. The minimum Gasteiger partial charge on any atom is -0.466 e. The van der Waals surface area contributed by atoms with Crippen LogP contribution in [0.3, 0.4) is 0 Å². The lowest BCUT2D eigenvalue weighted by atomic mass is 10.1. The number of halogens is 4. The molecule has 0 N–H and O–H groups in total. The SMILES string of the molecule is CCOC(=O)Cc1nc(Br)c(Cl)cc1C(F)F. The van der Waals surface area contributed by atoms with E-state index in [1.165, 1.54) is 0 Å². The summed E-state index contributed by atoms with van der Waals surface area (Å²) in [4.78, 5) is 15.0. The van der Waals surface area contributed by atoms with Crippen LogP contribution in [0.5, 0.6) is 0 Å². The number of rotatable bonds is 4. The summed E-state index contributed by atoms with van der Waals surface area (Å²) in [6.45, 7) is 1.83. The van der Waals surface area contributed by atoms with Crippen LogP contribution >= 0.6 is 27.5 Å². The molecule has 0 saturated carbocycles. The predicted octanol–water partition coefficient (Wildman–Crippen LogP) is 3.54. The summed E-state index contributed by atoms with van der Waals surface area (Å²) < 4.78 is 30.3. The van der Waals surface area contributed by atoms with Crippen molar-refractivity contribution in [1.29, 1.82) is 0 Å². The van der Waals surface area contributed by atoms with Gasteiger partial charge in [0.25, 0.3) is 6.43 Å². The lowest BCUT2D eigenvalue weighted by Gasteiger charge is -2.09. The summed E-state index contributed by atoms with van der Waals surface area (Å²) in [5.41, 5.74) is -0.388. The van der Waals surface area contributed by atoms with Crippen LogP contribution < -0.4 is 0 Å². The summed E-state index contributed by atoms with van der Waals surface area (Å²) >= 11 is 8.69. The van der Waals surface area contributed by atoms with E-state index in [4.69, 9.17) is 11.6 Å². The molecule has 0 bridgehead atoms. The predicted molar refractivity (Wildman–Crippen MR) is 62.2 cm³/mol. The van der Waals surface area contributed by atoms with E-state index in [1.54, 1.807) is 6.92 Å². The first-order chi connectivity index (χ1) is 7.95. The largest absolute Gasteiger partial charge is 0.466 e. The van der Waals surface area contributed by atoms with E-state index in [9.17, 15) is 13.6 Å². The summed E-state index contributed by atoms with van der Waals surface area (Å²) in [7, 11) is 0. The summed E-state index contributed by atoms with van der Waals surface area (Å²) in [5.74, 6) is -0.601. The molecule has 1 aromatic rings. The lowest BCUT2D eigenvalue weighted by Crippen LogP contribution is -2.11. The highest BCUT2D eigenvalue weighted by Gasteiger charge is 2.19. The highest BCUT2D eigenvalue weighted by molar-refractivity contribution is 9.10. The molecule has 0 aliphatic heterocycles. The molecule has 1 heterocycles. The van der Waals surface area contributed by atoms with Gasteiger partial charge in [-0.15, -0.1) is 0 Å². The molecule has 17 heavy (non-hydrogen) atoms. The highest BCUT2D eigenvalue weighted by atomic mass is 79.9. The van der Waals surface area contributed by atoms with Gasteiger partial charge in [-0.3, -0.25) is 4.79 Å². The van der Waals surface area contributed by atoms with Crippen molar-refractivity contribution in [2.75, 3.05) is 6.61 Å². The molecule has 0 spiro atoms. The zero-order chi connectivity index (χ0) is 13.0. The number of carbonyl (C=O) groups is 1. The Bertz CT molecular complexity index is 429. The molecule has 1 rings (SSSR count). The molecular weight excluding hydrogens is 319 g/mol. The smallest absolute Gasteiger partial charge is 0.311 e. The van der Waals surface area contributed by atoms with Gasteiger partial charge in [0, 0.05) is 5.56 Å². The van der Waals surface area contributed by atoms with E-state index in [0.717, 1.165) is 6.07 Å². The van der Waals surface area contributed by atoms with Crippen LogP contribution in [-0.4, -0.2) is 17.6 Å². The van der Waals surface area contributed by atoms with E-state index in [2.05, 4.69) is 25.7 Å². The van der Waals surface area contributed by atoms with Gasteiger partial charge in [0.1, 0.15) is 4.60 Å². The number of esters is 1. The minimum absolute atomic E-state index is 0.0327. The molecule has 0 radical (unpaired) electrons. The summed E-state index contributed by atoms with van der Waals surface area (Å²) in [6, 6.07) is 1.10. The Morgan fingerprint density at radius 1 is 1.65 bits per heavy atom. The fourth-order valence-electron chi connectivity index (χ4n) is 1.20. The van der Waals surface area contributed by atoms with E-state index in [1.807, 2.05) is 0 Å². The Hall–Kier alpha value is -0.750. The summed E-state index contributed by atoms with van der Waals surface area (Å²) in [5, 5.41) is 0.0768. The van der Waals surface area contributed by atoms with Gasteiger partial charge in [-0.2, -0.15) is 0 Å². The van der Waals surface area contributed by atoms with Gasteiger partial charge in [-0.1, -0.05) is 11.6 Å². The van der Waals surface area contributed by atoms with Crippen LogP contribution in [0.1, 0.15) is 24.6 Å². The van der Waals surface area contributed by atoms with Gasteiger partial charge < -0.3 is 4.74 Å². The third kappa shape index (κ3) is 3.89. The number of hydrogen-bond acceptors (Lipinski definition) is 3. The molecule has 3 nitrogen and oxygen atoms in total. The van der Waals surface area contributed by atoms with Gasteiger partial charge in [-0.05, 0) is 28.9 Å². The number of ether oxygens (including phenoxy) is 1. The molecule has 0 unspecified atom stereocenters. The Morgan fingerprint density at radius 2 is 2.29 bits per heavy atom. The maximum Gasteiger partial charge on any atom is 0.311 e. The van der Waals surface area contributed by atoms with Gasteiger partial charge in [-0.25, -0.2) is 13.8 Å². The van der Waals surface area contributed by atoms with Crippen LogP contribution in [0.2, 0.25) is 5.02 Å². The molecule has 0 aliphatic carbocycles. The molecule has 0 fully saturated rings. The highest BCUT2D eigenvalue weighted by Crippen LogP contribution is 2.29. The van der Waals surface area contributed by atoms with Gasteiger partial charge in [0.15, 0.2) is 0 Å². The minimum atomic E-state index is -2.74. The average Bonchev–Trinajstić information content (AvgIpc) is 2.23. The van der Waals surface area contributed by atoms with Gasteiger partial charge in [0.2, 0.25) is 0 Å². The quantitative estimate of drug-likeness (QED) is 0.627. The van der Waals surface area contributed by atoms with Gasteiger partial charge in [0.05, 0.1) is 23.7 Å². The van der Waals surface area contributed by atoms with E-state index in [0.29, 0.717) is 0 Å². The van der Waals surface area contributed by atoms with Crippen molar-refractivity contribution in [3.63, 3.8) is 0 Å². The fraction of sp³-hybridized carbons (Fsp3) is 0.400. The van der Waals surface area contributed by atoms with E-state index in [-0.39, 0.29) is 33.9 Å². The average molecular weight is 329 g/mol. The Morgan fingerprint density at radius 3 is 2.82 bits per heavy atom. The standard InChI is InChI=1S/C10H9BrClF2NO2/c1-2-17-8(16)4-7-5(10(13)14)3-6(12)9(11)15-7/h3,10H,2,4H2,1H3. The second-order valence-corrected chi connectivity index (χ2v) is 4.24. The fourth-order valence-corrected chi connectivity index (χ4v) is 1.68. The molecular formula is C10H9BrClF2NO2. The molecule has 0 atom stereocenters. The second kappa shape index (κ2) is 6.26. The van der Waals surface area contributed by atoms with Crippen LogP contribution in [-0.2, 0) is 16.0 Å². The van der Waals surface area contributed by atoms with E-state index >= 15 is 0 Å². The van der Waals surface area contributed by atoms with Crippen LogP contribution in [0.15, 0.2) is 10.7 Å². The third-order valence-electron chi connectivity index (χ3n) is 1.90. The Kier molecular flexibility index (Phi) is 5.27. The topological polar surface area (TPSA) is 39.2 Å². The molecule has 7 heteroatoms. The monoisotopic (exact) mass is 327 g/mol. The first-order valence-electron chi connectivity index (χ1n) is 4.74. The van der Waals surface area contributed by atoms with Crippen molar-refractivity contribution >= 4 is 33.5 Å². The second-order valence-electron chi connectivity index (χ2n) is 3.08. The Balaban J connectivity index is 3.04. The van der Waals surface area contributed by atoms with Gasteiger partial charge >= 0.3 is 5.97 Å². The molecule has 0 amide bonds. The molecule has 0 aliphatic rings. The summed E-state index contributed by atoms with van der Waals surface area (Å²) in [6.07, 6.45) is -3.04. The zero-order valence-corrected chi connectivity index (χ0v) is 11.2. The lowest BCUT2D eigenvalue weighted by molar-refractivity contribution is -0.142. The van der Waals surface area contributed by atoms with Crippen molar-refractivity contribution < 1.29 is 18.3 Å². The van der Waals surface area contributed by atoms with Crippen LogP contribution in [0.25, 0.3) is 0 Å². The molecule has 94 valence electrons. The third-order valence-corrected chi connectivity index (χ3v) is 3.02. The normalized spacial score (nSPS) is 10.7. The first kappa shape index (κ1) is 14.3. The molecule has 0 saturated heterocycles. The number of nitrogens with zero attached hydrogens (tertiary/aromatic N) is 1. The number of alkyl halides is 2. The van der Waals surface area contributed by atoms with Crippen molar-refractivity contribution in [1.82, 2.24) is 4.98 Å². The first-order valence-corrected chi connectivity index (χ1v) is 5.91. The van der Waals surface area contributed by atoms with Crippen molar-refractivity contribution in [2.45, 2.75) is 19.8 Å². The number of aromatic nitrogens is 1.